The number of piperidine rings is 2. The van der Waals surface area contributed by atoms with Gasteiger partial charge in [-0.2, -0.15) is 4.98 Å². The van der Waals surface area contributed by atoms with Crippen molar-refractivity contribution in [3.8, 4) is 0 Å². The fourth-order valence-electron chi connectivity index (χ4n) is 4.89. The smallest absolute Gasteiger partial charge is 0.227 e. The van der Waals surface area contributed by atoms with E-state index in [0.717, 1.165) is 60.3 Å². The molecule has 0 aliphatic carbocycles. The summed E-state index contributed by atoms with van der Waals surface area (Å²) in [6.07, 6.45) is 4.07. The molecule has 3 aliphatic heterocycles. The van der Waals surface area contributed by atoms with E-state index in [0.29, 0.717) is 30.5 Å². The molecule has 1 N–H and O–H groups in total. The number of fused-ring (bicyclic) bond motifs is 1. The van der Waals surface area contributed by atoms with Crippen LogP contribution in [0.5, 0.6) is 0 Å². The maximum Gasteiger partial charge on any atom is 0.227 e. The molecule has 0 spiro atoms. The molecule has 1 aromatic carbocycles. The number of amides is 1. The average molecular weight is 474 g/mol. The number of carbonyl (C=O) groups is 1. The molecule has 9 heteroatoms. The Morgan fingerprint density at radius 1 is 1.09 bits per heavy atom. The Labute approximate surface area is 196 Å². The summed E-state index contributed by atoms with van der Waals surface area (Å²) < 4.78 is 12.7. The minimum atomic E-state index is -1.07. The minimum Gasteiger partial charge on any atom is -0.364 e. The Morgan fingerprint density at radius 2 is 1.84 bits per heavy atom. The number of nitrogens with zero attached hydrogens (tertiary/aromatic N) is 4. The van der Waals surface area contributed by atoms with Gasteiger partial charge in [0, 0.05) is 56.3 Å². The summed E-state index contributed by atoms with van der Waals surface area (Å²) in [6.45, 7) is 2.40. The van der Waals surface area contributed by atoms with Gasteiger partial charge in [-0.15, -0.1) is 0 Å². The molecule has 0 saturated carbocycles. The summed E-state index contributed by atoms with van der Waals surface area (Å²) >= 11 is 6.04. The van der Waals surface area contributed by atoms with Crippen LogP contribution in [0, 0.1) is 0 Å². The summed E-state index contributed by atoms with van der Waals surface area (Å²) in [5, 5.41) is 4.27. The molecule has 2 saturated heterocycles. The van der Waals surface area contributed by atoms with Crippen LogP contribution in [-0.2, 0) is 22.0 Å². The van der Waals surface area contributed by atoms with Crippen LogP contribution >= 0.6 is 11.6 Å². The fourth-order valence-corrected chi connectivity index (χ4v) is 6.33. The van der Waals surface area contributed by atoms with E-state index in [1.807, 2.05) is 19.2 Å². The van der Waals surface area contributed by atoms with Gasteiger partial charge in [-0.25, -0.2) is 4.98 Å². The molecule has 170 valence electrons. The van der Waals surface area contributed by atoms with Gasteiger partial charge in [-0.1, -0.05) is 23.7 Å². The van der Waals surface area contributed by atoms with Crippen LogP contribution in [0.2, 0.25) is 5.02 Å². The highest BCUT2D eigenvalue weighted by Gasteiger charge is 2.31. The number of nitrogens with one attached hydrogen (secondary N) is 1. The van der Waals surface area contributed by atoms with Crippen LogP contribution in [0.1, 0.15) is 42.9 Å². The van der Waals surface area contributed by atoms with Gasteiger partial charge < -0.3 is 15.1 Å². The molecular formula is C23H28ClN5O2S. The van der Waals surface area contributed by atoms with Gasteiger partial charge in [-0.3, -0.25) is 9.00 Å². The Kier molecular flexibility index (Phi) is 6.07. The van der Waals surface area contributed by atoms with Crippen LogP contribution < -0.4 is 10.2 Å². The van der Waals surface area contributed by atoms with Crippen molar-refractivity contribution < 1.29 is 9.00 Å². The predicted octanol–water partition coefficient (Wildman–Crippen LogP) is 3.21. The molecule has 2 unspecified atom stereocenters. The lowest BCUT2D eigenvalue weighted by molar-refractivity contribution is -0.132. The highest BCUT2D eigenvalue weighted by molar-refractivity contribution is 7.85. The van der Waals surface area contributed by atoms with Crippen LogP contribution in [-0.4, -0.2) is 63.5 Å². The molecule has 0 radical (unpaired) electrons. The number of benzene rings is 1. The first-order valence-corrected chi connectivity index (χ1v) is 13.0. The third kappa shape index (κ3) is 4.35. The summed E-state index contributed by atoms with van der Waals surface area (Å²) in [6, 6.07) is 8.27. The molecule has 2 fully saturated rings. The number of hydrogen-bond donors (Lipinski definition) is 1. The second-order valence-corrected chi connectivity index (χ2v) is 10.9. The van der Waals surface area contributed by atoms with Crippen molar-refractivity contribution in [1.29, 1.82) is 0 Å². The number of hydrogen-bond acceptors (Lipinski definition) is 6. The molecule has 4 heterocycles. The maximum absolute atomic E-state index is 12.7. The number of anilines is 2. The Balaban J connectivity index is 1.34. The van der Waals surface area contributed by atoms with E-state index in [2.05, 4.69) is 22.3 Å². The molecule has 5 rings (SSSR count). The number of carbonyl (C=O) groups excluding carboxylic acids is 1. The van der Waals surface area contributed by atoms with E-state index in [4.69, 9.17) is 21.6 Å². The maximum atomic E-state index is 12.7. The number of rotatable bonds is 4. The van der Waals surface area contributed by atoms with E-state index in [-0.39, 0.29) is 11.9 Å². The zero-order valence-corrected chi connectivity index (χ0v) is 19.8. The van der Waals surface area contributed by atoms with Gasteiger partial charge in [0.15, 0.2) is 0 Å². The highest BCUT2D eigenvalue weighted by Crippen LogP contribution is 2.34. The van der Waals surface area contributed by atoms with Crippen molar-refractivity contribution in [2.24, 2.45) is 0 Å². The number of aromatic nitrogens is 2. The standard InChI is InChI=1S/C23H28ClN5O2S/c1-28-14-18(6-7-20(28)30)25-22-21-19(10-13-32(21)31)26-23(27-22)29-11-8-16(9-12-29)15-2-4-17(24)5-3-15/h2-5,16,18H,6-14H2,1H3,(H,25,26,27). The first-order valence-electron chi connectivity index (χ1n) is 11.3. The second kappa shape index (κ2) is 8.98. The van der Waals surface area contributed by atoms with E-state index < -0.39 is 10.8 Å². The second-order valence-electron chi connectivity index (χ2n) is 8.91. The van der Waals surface area contributed by atoms with Gasteiger partial charge >= 0.3 is 0 Å². The molecule has 32 heavy (non-hydrogen) atoms. The zero-order valence-electron chi connectivity index (χ0n) is 18.2. The summed E-state index contributed by atoms with van der Waals surface area (Å²) in [4.78, 5) is 26.3. The van der Waals surface area contributed by atoms with Crippen molar-refractivity contribution in [1.82, 2.24) is 14.9 Å². The van der Waals surface area contributed by atoms with Crippen molar-refractivity contribution >= 4 is 40.1 Å². The topological polar surface area (TPSA) is 78.4 Å². The van der Waals surface area contributed by atoms with E-state index in [1.54, 1.807) is 4.90 Å². The van der Waals surface area contributed by atoms with Gasteiger partial charge in [0.2, 0.25) is 11.9 Å². The van der Waals surface area contributed by atoms with Crippen LogP contribution in [0.25, 0.3) is 0 Å². The van der Waals surface area contributed by atoms with Gasteiger partial charge in [0.1, 0.15) is 10.7 Å². The first-order chi connectivity index (χ1) is 15.5. The minimum absolute atomic E-state index is 0.109. The molecule has 2 atom stereocenters. The largest absolute Gasteiger partial charge is 0.364 e. The van der Waals surface area contributed by atoms with E-state index >= 15 is 0 Å². The number of aryl methyl sites for hydroxylation is 1. The van der Waals surface area contributed by atoms with Gasteiger partial charge in [-0.05, 0) is 42.9 Å². The Hall–Kier alpha value is -2.19. The molecule has 3 aliphatic rings. The van der Waals surface area contributed by atoms with Crippen molar-refractivity contribution in [3.05, 3.63) is 40.5 Å². The van der Waals surface area contributed by atoms with Crippen molar-refractivity contribution in [2.75, 3.05) is 42.7 Å². The van der Waals surface area contributed by atoms with Gasteiger partial charge in [0.05, 0.1) is 16.5 Å². The normalized spacial score (nSPS) is 24.0. The molecule has 2 aromatic rings. The number of halogens is 1. The zero-order chi connectivity index (χ0) is 22.2. The Bertz CT molecular complexity index is 1040. The monoisotopic (exact) mass is 473 g/mol. The lowest BCUT2D eigenvalue weighted by Gasteiger charge is -2.33. The van der Waals surface area contributed by atoms with Crippen LogP contribution in [0.3, 0.4) is 0 Å². The third-order valence-corrected chi connectivity index (χ3v) is 8.47. The average Bonchev–Trinajstić information content (AvgIpc) is 3.18. The highest BCUT2D eigenvalue weighted by atomic mass is 35.5. The summed E-state index contributed by atoms with van der Waals surface area (Å²) in [5.41, 5.74) is 2.23. The SMILES string of the molecule is CN1CC(Nc2nc(N3CCC(c4ccc(Cl)cc4)CC3)nc3c2S(=O)CC3)CCC1=O. The quantitative estimate of drug-likeness (QED) is 0.734. The number of likely N-dealkylation sites (N-methyl/N-ethyl adjacent to an activating group) is 1. The van der Waals surface area contributed by atoms with Gasteiger partial charge in [0.25, 0.3) is 0 Å². The molecule has 1 aromatic heterocycles. The Morgan fingerprint density at radius 3 is 2.56 bits per heavy atom. The summed E-state index contributed by atoms with van der Waals surface area (Å²) in [7, 11) is 0.756. The van der Waals surface area contributed by atoms with E-state index in [1.165, 1.54) is 5.56 Å². The first kappa shape index (κ1) is 21.6. The molecule has 0 bridgehead atoms. The van der Waals surface area contributed by atoms with Crippen LogP contribution in [0.15, 0.2) is 29.2 Å². The van der Waals surface area contributed by atoms with E-state index in [9.17, 15) is 9.00 Å². The fraction of sp³-hybridized carbons (Fsp3) is 0.522. The molecular weight excluding hydrogens is 446 g/mol. The lowest BCUT2D eigenvalue weighted by atomic mass is 9.89. The van der Waals surface area contributed by atoms with Crippen molar-refractivity contribution in [3.63, 3.8) is 0 Å². The lowest BCUT2D eigenvalue weighted by Crippen LogP contribution is -2.43. The molecule has 1 amide bonds. The molecule has 7 nitrogen and oxygen atoms in total. The van der Waals surface area contributed by atoms with Crippen LogP contribution in [0.4, 0.5) is 11.8 Å². The summed E-state index contributed by atoms with van der Waals surface area (Å²) in [5.74, 6) is 2.69. The van der Waals surface area contributed by atoms with Crippen molar-refractivity contribution in [2.45, 2.75) is 49.0 Å². The predicted molar refractivity (Wildman–Crippen MR) is 127 cm³/mol. The third-order valence-electron chi connectivity index (χ3n) is 6.76. The number of likely N-dealkylation sites (tertiary alicyclic amines) is 1.